The van der Waals surface area contributed by atoms with E-state index in [1.807, 2.05) is 24.3 Å². The highest BCUT2D eigenvalue weighted by Gasteiger charge is 2.24. The number of nitrogens with two attached hydrogens (primary N) is 1. The van der Waals surface area contributed by atoms with Crippen LogP contribution in [-0.2, 0) is 0 Å². The lowest BCUT2D eigenvalue weighted by atomic mass is 10.0. The highest BCUT2D eigenvalue weighted by atomic mass is 32.1. The summed E-state index contributed by atoms with van der Waals surface area (Å²) in [6.07, 6.45) is 0.678. The monoisotopic (exact) mass is 307 g/mol. The molecule has 2 unspecified atom stereocenters. The number of β-amino-alcohol motifs (C(OH)–C–C–N with tert-alkyl or cyclic N) is 1. The van der Waals surface area contributed by atoms with E-state index in [0.29, 0.717) is 17.6 Å². The minimum Gasteiger partial charge on any atom is -0.389 e. The van der Waals surface area contributed by atoms with Crippen molar-refractivity contribution in [2.45, 2.75) is 25.5 Å². The Bertz CT molecular complexity index is 477. The van der Waals surface area contributed by atoms with Crippen LogP contribution in [0.2, 0.25) is 0 Å². The minimum atomic E-state index is -0.466. The summed E-state index contributed by atoms with van der Waals surface area (Å²) in [4.78, 5) is 5.14. The summed E-state index contributed by atoms with van der Waals surface area (Å²) in [5, 5.41) is 10.4. The van der Waals surface area contributed by atoms with Gasteiger partial charge in [-0.25, -0.2) is 0 Å². The summed E-state index contributed by atoms with van der Waals surface area (Å²) >= 11 is 4.94. The van der Waals surface area contributed by atoms with Gasteiger partial charge in [0.2, 0.25) is 0 Å². The SMILES string of the molecule is CCC1CN(CC(O)c2ccc(C(N)=S)cc2)CCN1C. The van der Waals surface area contributed by atoms with Gasteiger partial charge in [-0.2, -0.15) is 0 Å². The van der Waals surface area contributed by atoms with E-state index in [9.17, 15) is 5.11 Å². The number of benzene rings is 1. The Balaban J connectivity index is 1.94. The summed E-state index contributed by atoms with van der Waals surface area (Å²) in [5.74, 6) is 0. The number of hydrogen-bond acceptors (Lipinski definition) is 4. The second-order valence-corrected chi connectivity index (χ2v) is 6.24. The van der Waals surface area contributed by atoms with E-state index in [2.05, 4.69) is 23.8 Å². The molecule has 1 fully saturated rings. The zero-order chi connectivity index (χ0) is 15.4. The highest BCUT2D eigenvalue weighted by Crippen LogP contribution is 2.18. The van der Waals surface area contributed by atoms with E-state index in [1.165, 1.54) is 0 Å². The van der Waals surface area contributed by atoms with Crippen molar-refractivity contribution in [3.05, 3.63) is 35.4 Å². The molecular formula is C16H25N3OS. The first kappa shape index (κ1) is 16.4. The van der Waals surface area contributed by atoms with Crippen LogP contribution in [0.25, 0.3) is 0 Å². The third-order valence-electron chi connectivity index (χ3n) is 4.34. The molecule has 1 heterocycles. The van der Waals surface area contributed by atoms with Gasteiger partial charge in [0.15, 0.2) is 0 Å². The van der Waals surface area contributed by atoms with Crippen LogP contribution in [0.1, 0.15) is 30.6 Å². The van der Waals surface area contributed by atoms with Gasteiger partial charge in [0.05, 0.1) is 6.10 Å². The first-order chi connectivity index (χ1) is 10.0. The number of rotatable bonds is 5. The fourth-order valence-electron chi connectivity index (χ4n) is 2.84. The standard InChI is InChI=1S/C16H25N3OS/c1-3-14-10-19(9-8-18(14)2)11-15(20)12-4-6-13(7-5-12)16(17)21/h4-7,14-15,20H,3,8-11H2,1-2H3,(H2,17,21). The smallest absolute Gasteiger partial charge is 0.103 e. The molecule has 0 aromatic heterocycles. The highest BCUT2D eigenvalue weighted by molar-refractivity contribution is 7.80. The number of likely N-dealkylation sites (N-methyl/N-ethyl adjacent to an activating group) is 1. The Morgan fingerprint density at radius 3 is 2.62 bits per heavy atom. The maximum atomic E-state index is 10.4. The second kappa shape index (κ2) is 7.31. The number of aliphatic hydroxyl groups is 1. The van der Waals surface area contributed by atoms with Crippen LogP contribution in [-0.4, -0.2) is 59.2 Å². The average Bonchev–Trinajstić information content (AvgIpc) is 2.49. The van der Waals surface area contributed by atoms with Crippen molar-refractivity contribution in [2.24, 2.45) is 5.73 Å². The van der Waals surface area contributed by atoms with Crippen molar-refractivity contribution >= 4 is 17.2 Å². The molecule has 1 aromatic carbocycles. The number of aliphatic hydroxyl groups excluding tert-OH is 1. The second-order valence-electron chi connectivity index (χ2n) is 5.80. The van der Waals surface area contributed by atoms with Crippen LogP contribution in [0.4, 0.5) is 0 Å². The molecule has 1 aliphatic heterocycles. The number of piperazine rings is 1. The molecule has 0 radical (unpaired) electrons. The largest absolute Gasteiger partial charge is 0.389 e. The van der Waals surface area contributed by atoms with E-state index in [4.69, 9.17) is 18.0 Å². The quantitative estimate of drug-likeness (QED) is 0.805. The molecule has 0 saturated carbocycles. The van der Waals surface area contributed by atoms with Crippen LogP contribution in [0.15, 0.2) is 24.3 Å². The lowest BCUT2D eigenvalue weighted by molar-refractivity contribution is 0.0502. The van der Waals surface area contributed by atoms with Crippen LogP contribution >= 0.6 is 12.2 Å². The maximum Gasteiger partial charge on any atom is 0.103 e. The predicted octanol–water partition coefficient (Wildman–Crippen LogP) is 1.38. The van der Waals surface area contributed by atoms with Crippen molar-refractivity contribution in [1.82, 2.24) is 9.80 Å². The lowest BCUT2D eigenvalue weighted by Crippen LogP contribution is -2.51. The minimum absolute atomic E-state index is 0.390. The van der Waals surface area contributed by atoms with Crippen LogP contribution < -0.4 is 5.73 Å². The van der Waals surface area contributed by atoms with Gasteiger partial charge >= 0.3 is 0 Å². The van der Waals surface area contributed by atoms with Crippen LogP contribution in [0, 0.1) is 0 Å². The molecule has 5 heteroatoms. The van der Waals surface area contributed by atoms with Gasteiger partial charge in [-0.15, -0.1) is 0 Å². The first-order valence-electron chi connectivity index (χ1n) is 7.51. The fourth-order valence-corrected chi connectivity index (χ4v) is 2.97. The number of hydrogen-bond donors (Lipinski definition) is 2. The summed E-state index contributed by atoms with van der Waals surface area (Å²) in [7, 11) is 2.18. The van der Waals surface area contributed by atoms with Gasteiger partial charge in [-0.05, 0) is 19.0 Å². The molecule has 2 rings (SSSR count). The molecule has 0 amide bonds. The molecule has 4 nitrogen and oxygen atoms in total. The first-order valence-corrected chi connectivity index (χ1v) is 7.92. The van der Waals surface area contributed by atoms with E-state index in [0.717, 1.165) is 37.2 Å². The molecule has 0 bridgehead atoms. The van der Waals surface area contributed by atoms with Crippen molar-refractivity contribution < 1.29 is 5.11 Å². The van der Waals surface area contributed by atoms with Gasteiger partial charge in [0.1, 0.15) is 4.99 Å². The Kier molecular flexibility index (Phi) is 5.70. The van der Waals surface area contributed by atoms with Crippen molar-refractivity contribution in [3.63, 3.8) is 0 Å². The Morgan fingerprint density at radius 2 is 2.05 bits per heavy atom. The predicted molar refractivity (Wildman–Crippen MR) is 90.4 cm³/mol. The van der Waals surface area contributed by atoms with Crippen molar-refractivity contribution in [3.8, 4) is 0 Å². The number of thiocarbonyl (C=S) groups is 1. The molecular weight excluding hydrogens is 282 g/mol. The average molecular weight is 307 g/mol. The topological polar surface area (TPSA) is 52.7 Å². The molecule has 0 aliphatic carbocycles. The normalized spacial score (nSPS) is 22.1. The molecule has 2 atom stereocenters. The lowest BCUT2D eigenvalue weighted by Gasteiger charge is -2.39. The van der Waals surface area contributed by atoms with E-state index in [1.54, 1.807) is 0 Å². The maximum absolute atomic E-state index is 10.4. The van der Waals surface area contributed by atoms with E-state index < -0.39 is 6.10 Å². The Hall–Kier alpha value is -1.01. The Labute approximate surface area is 132 Å². The van der Waals surface area contributed by atoms with E-state index in [-0.39, 0.29) is 0 Å². The number of nitrogens with zero attached hydrogens (tertiary/aromatic N) is 2. The van der Waals surface area contributed by atoms with Gasteiger partial charge in [0, 0.05) is 37.8 Å². The zero-order valence-corrected chi connectivity index (χ0v) is 13.6. The van der Waals surface area contributed by atoms with E-state index >= 15 is 0 Å². The third kappa shape index (κ3) is 4.23. The summed E-state index contributed by atoms with van der Waals surface area (Å²) in [6.45, 7) is 5.99. The molecule has 116 valence electrons. The summed E-state index contributed by atoms with van der Waals surface area (Å²) < 4.78 is 0. The summed E-state index contributed by atoms with van der Waals surface area (Å²) in [5.41, 5.74) is 7.35. The molecule has 1 saturated heterocycles. The van der Waals surface area contributed by atoms with Gasteiger partial charge in [-0.3, -0.25) is 4.90 Å². The van der Waals surface area contributed by atoms with Crippen LogP contribution in [0.5, 0.6) is 0 Å². The van der Waals surface area contributed by atoms with Crippen LogP contribution in [0.3, 0.4) is 0 Å². The molecule has 21 heavy (non-hydrogen) atoms. The molecule has 1 aliphatic rings. The molecule has 3 N–H and O–H groups in total. The Morgan fingerprint density at radius 1 is 1.38 bits per heavy atom. The van der Waals surface area contributed by atoms with Gasteiger partial charge < -0.3 is 15.7 Å². The fraction of sp³-hybridized carbons (Fsp3) is 0.562. The zero-order valence-electron chi connectivity index (χ0n) is 12.8. The van der Waals surface area contributed by atoms with Crippen molar-refractivity contribution in [1.29, 1.82) is 0 Å². The third-order valence-corrected chi connectivity index (χ3v) is 4.58. The van der Waals surface area contributed by atoms with Gasteiger partial charge in [-0.1, -0.05) is 43.4 Å². The summed E-state index contributed by atoms with van der Waals surface area (Å²) in [6, 6.07) is 8.15. The molecule has 0 spiro atoms. The molecule has 1 aromatic rings. The van der Waals surface area contributed by atoms with Gasteiger partial charge in [0.25, 0.3) is 0 Å². The van der Waals surface area contributed by atoms with Crippen molar-refractivity contribution in [2.75, 3.05) is 33.2 Å².